The molecule has 6 rings (SSSR count). The number of nitrogens with two attached hydrogens (primary N) is 1. The number of alkyl halides is 3. The monoisotopic (exact) mass is 1080 g/mol. The lowest BCUT2D eigenvalue weighted by Crippen LogP contribution is -2.47. The zero-order valence-corrected chi connectivity index (χ0v) is 42.2. The SMILES string of the molecule is CC(C)(C)OC(=O)N1C[C@H](F)C[C@H]1C(=O)NCc1cccc(Cl)c1F.CC(C)(C)OC(=O)N1C[C@H](F)C[C@H]1C(=O)O.Cl.NCc1cccc(Cl)c1F.O=C(NCc1cccc(Cl)c1F)[C@@H]1C[C@@H](F)CN1. The van der Waals surface area contributed by atoms with Crippen molar-refractivity contribution in [2.24, 2.45) is 5.73 Å². The smallest absolute Gasteiger partial charge is 0.411 e. The average Bonchev–Trinajstić information content (AvgIpc) is 4.00. The fourth-order valence-corrected chi connectivity index (χ4v) is 7.25. The Morgan fingerprint density at radius 2 is 1.04 bits per heavy atom. The Kier molecular flexibility index (Phi) is 24.3. The molecule has 3 aromatic rings. The maximum atomic E-state index is 13.9. The van der Waals surface area contributed by atoms with Crippen molar-refractivity contribution in [2.45, 2.75) is 128 Å². The van der Waals surface area contributed by atoms with Gasteiger partial charge in [-0.15, -0.1) is 12.4 Å². The molecule has 3 fully saturated rings. The van der Waals surface area contributed by atoms with Crippen molar-refractivity contribution >= 4 is 77.2 Å². The van der Waals surface area contributed by atoms with E-state index in [1.807, 2.05) is 0 Å². The first kappa shape index (κ1) is 61.4. The van der Waals surface area contributed by atoms with Gasteiger partial charge in [-0.2, -0.15) is 0 Å². The summed E-state index contributed by atoms with van der Waals surface area (Å²) in [5.41, 5.74) is 4.72. The van der Waals surface area contributed by atoms with Gasteiger partial charge < -0.3 is 36.3 Å². The van der Waals surface area contributed by atoms with Crippen molar-refractivity contribution in [1.29, 1.82) is 0 Å². The summed E-state index contributed by atoms with van der Waals surface area (Å²) in [5, 5.41) is 16.8. The maximum Gasteiger partial charge on any atom is 0.411 e. The highest BCUT2D eigenvalue weighted by atomic mass is 35.5. The number of hydrogen-bond acceptors (Lipinski definition) is 9. The van der Waals surface area contributed by atoms with E-state index in [0.29, 0.717) is 11.1 Å². The van der Waals surface area contributed by atoms with Crippen LogP contribution in [0, 0.1) is 17.5 Å². The minimum absolute atomic E-state index is 0. The average molecular weight is 1080 g/mol. The number of carbonyl (C=O) groups is 5. The van der Waals surface area contributed by atoms with Crippen molar-refractivity contribution in [2.75, 3.05) is 19.6 Å². The van der Waals surface area contributed by atoms with E-state index < -0.39 is 89.4 Å². The van der Waals surface area contributed by atoms with Gasteiger partial charge in [0.2, 0.25) is 11.8 Å². The van der Waals surface area contributed by atoms with Crippen LogP contribution in [0.2, 0.25) is 15.1 Å². The molecular formula is C46H58Cl4F6N6O8. The van der Waals surface area contributed by atoms with Crippen LogP contribution in [0.15, 0.2) is 54.6 Å². The predicted molar refractivity (Wildman–Crippen MR) is 254 cm³/mol. The van der Waals surface area contributed by atoms with Crippen LogP contribution in [0.5, 0.6) is 0 Å². The highest BCUT2D eigenvalue weighted by molar-refractivity contribution is 6.31. The molecule has 3 saturated heterocycles. The van der Waals surface area contributed by atoms with Gasteiger partial charge in [0.05, 0.1) is 34.2 Å². The maximum absolute atomic E-state index is 13.9. The summed E-state index contributed by atoms with van der Waals surface area (Å²) in [4.78, 5) is 60.6. The van der Waals surface area contributed by atoms with Gasteiger partial charge in [0.15, 0.2) is 0 Å². The second-order valence-electron chi connectivity index (χ2n) is 17.9. The third-order valence-corrected chi connectivity index (χ3v) is 10.8. The number of aliphatic carboxylic acids is 1. The Balaban J connectivity index is 0.000000333. The van der Waals surface area contributed by atoms with E-state index in [4.69, 9.17) is 55.1 Å². The van der Waals surface area contributed by atoms with E-state index >= 15 is 0 Å². The number of carboxylic acid groups (broad SMARTS) is 1. The molecule has 3 aromatic carbocycles. The first-order chi connectivity index (χ1) is 32.1. The lowest BCUT2D eigenvalue weighted by Gasteiger charge is -2.27. The number of carboxylic acids is 1. The number of nitrogens with zero attached hydrogens (tertiary/aromatic N) is 2. The normalized spacial score (nSPS) is 20.5. The van der Waals surface area contributed by atoms with Crippen LogP contribution in [0.4, 0.5) is 35.9 Å². The number of ether oxygens (including phenoxy) is 2. The highest BCUT2D eigenvalue weighted by Crippen LogP contribution is 2.26. The summed E-state index contributed by atoms with van der Waals surface area (Å²) in [7, 11) is 0. The number of carbonyl (C=O) groups excluding carboxylic acids is 4. The molecule has 3 heterocycles. The molecule has 6 N–H and O–H groups in total. The molecule has 4 amide bonds. The van der Waals surface area contributed by atoms with E-state index in [-0.39, 0.29) is 97.5 Å². The van der Waals surface area contributed by atoms with E-state index in [0.717, 1.165) is 9.80 Å². The third kappa shape index (κ3) is 19.5. The van der Waals surface area contributed by atoms with Crippen molar-refractivity contribution in [3.8, 4) is 0 Å². The summed E-state index contributed by atoms with van der Waals surface area (Å²) in [6.07, 6.45) is -5.27. The minimum Gasteiger partial charge on any atom is -0.480 e. The summed E-state index contributed by atoms with van der Waals surface area (Å²) >= 11 is 16.8. The summed E-state index contributed by atoms with van der Waals surface area (Å²) in [6, 6.07) is 11.2. The molecule has 6 atom stereocenters. The number of benzene rings is 3. The molecule has 0 bridgehead atoms. The van der Waals surface area contributed by atoms with Crippen molar-refractivity contribution in [1.82, 2.24) is 25.8 Å². The third-order valence-electron chi connectivity index (χ3n) is 9.96. The van der Waals surface area contributed by atoms with Gasteiger partial charge in [-0.25, -0.2) is 40.7 Å². The van der Waals surface area contributed by atoms with E-state index in [9.17, 15) is 50.3 Å². The second-order valence-corrected chi connectivity index (χ2v) is 19.1. The predicted octanol–water partition coefficient (Wildman–Crippen LogP) is 9.02. The zero-order valence-electron chi connectivity index (χ0n) is 39.1. The van der Waals surface area contributed by atoms with Crippen LogP contribution in [-0.2, 0) is 43.5 Å². The van der Waals surface area contributed by atoms with Gasteiger partial charge in [-0.3, -0.25) is 19.4 Å². The number of hydrogen-bond donors (Lipinski definition) is 5. The van der Waals surface area contributed by atoms with Gasteiger partial charge in [-0.1, -0.05) is 71.2 Å². The van der Waals surface area contributed by atoms with Gasteiger partial charge in [-0.05, 0) is 59.7 Å². The van der Waals surface area contributed by atoms with Crippen LogP contribution in [0.3, 0.4) is 0 Å². The summed E-state index contributed by atoms with van der Waals surface area (Å²) in [6.45, 7) is 9.94. The van der Waals surface area contributed by atoms with Gasteiger partial charge >= 0.3 is 18.2 Å². The molecule has 0 unspecified atom stereocenters. The van der Waals surface area contributed by atoms with Gasteiger partial charge in [0.25, 0.3) is 0 Å². The highest BCUT2D eigenvalue weighted by Gasteiger charge is 2.43. The fraction of sp³-hybridized carbons (Fsp3) is 0.500. The molecule has 0 radical (unpaired) electrons. The number of nitrogens with one attached hydrogen (secondary N) is 3. The molecule has 3 aliphatic heterocycles. The minimum atomic E-state index is -1.31. The number of amides is 4. The first-order valence-corrected chi connectivity index (χ1v) is 22.7. The molecule has 70 heavy (non-hydrogen) atoms. The Hall–Kier alpha value is -4.73. The van der Waals surface area contributed by atoms with Crippen molar-refractivity contribution in [3.05, 3.63) is 104 Å². The summed E-state index contributed by atoms with van der Waals surface area (Å²) < 4.78 is 90.1. The van der Waals surface area contributed by atoms with Gasteiger partial charge in [0, 0.05) is 62.1 Å². The Morgan fingerprint density at radius 3 is 1.41 bits per heavy atom. The molecule has 0 spiro atoms. The van der Waals surface area contributed by atoms with Gasteiger partial charge in [0.1, 0.15) is 59.3 Å². The van der Waals surface area contributed by atoms with Crippen LogP contribution in [-0.4, -0.2) is 112 Å². The number of rotatable bonds is 8. The number of halogens is 10. The lowest BCUT2D eigenvalue weighted by atomic mass is 10.1. The van der Waals surface area contributed by atoms with E-state index in [1.165, 1.54) is 24.3 Å². The number of likely N-dealkylation sites (tertiary alicyclic amines) is 2. The van der Waals surface area contributed by atoms with Crippen LogP contribution >= 0.6 is 47.2 Å². The zero-order chi connectivity index (χ0) is 52.0. The van der Waals surface area contributed by atoms with E-state index in [1.54, 1.807) is 71.9 Å². The standard InChI is InChI=1S/C17H21ClF2N2O3.C12H13ClF2N2O.C10H16FNO4.C7H7ClFN.ClH/c1-17(2,3)25-16(24)22-9-11(19)7-13(22)15(23)21-8-10-5-4-6-12(18)14(10)20;13-9-3-1-2-7(11(9)15)5-17-12(18)10-4-8(14)6-16-10;1-10(2,3)16-9(15)12-5-6(11)4-7(12)8(13)14;8-6-3-1-2-5(4-10)7(6)9;/h4-6,11,13H,7-9H2,1-3H3,(H,21,23);1-3,8,10,16H,4-6H2,(H,17,18);6-7H,4-5H2,1-3H3,(H,13,14);1-3H,4,10H2;1H/t11-,13+;8-,10+;6-,7+;;/m111../s1. The van der Waals surface area contributed by atoms with Crippen molar-refractivity contribution in [3.63, 3.8) is 0 Å². The van der Waals surface area contributed by atoms with Crippen LogP contribution in [0.25, 0.3) is 0 Å². The van der Waals surface area contributed by atoms with E-state index in [2.05, 4.69) is 16.0 Å². The molecule has 390 valence electrons. The molecule has 24 heteroatoms. The molecular weight excluding hydrogens is 1020 g/mol. The Bertz CT molecular complexity index is 2260. The summed E-state index contributed by atoms with van der Waals surface area (Å²) in [5.74, 6) is -3.66. The Labute approximate surface area is 423 Å². The molecule has 0 saturated carbocycles. The quantitative estimate of drug-likeness (QED) is 0.136. The second kappa shape index (κ2) is 27.8. The molecule has 0 aliphatic carbocycles. The van der Waals surface area contributed by atoms with Crippen LogP contribution < -0.4 is 21.7 Å². The largest absolute Gasteiger partial charge is 0.480 e. The topological polar surface area (TPSA) is 193 Å². The molecule has 3 aliphatic rings. The van der Waals surface area contributed by atoms with Crippen LogP contribution in [0.1, 0.15) is 77.5 Å². The lowest BCUT2D eigenvalue weighted by molar-refractivity contribution is -0.142. The Morgan fingerprint density at radius 1 is 0.657 bits per heavy atom. The molecule has 0 aromatic heterocycles. The van der Waals surface area contributed by atoms with Crippen molar-refractivity contribution < 1.29 is 64.9 Å². The fourth-order valence-electron chi connectivity index (χ4n) is 6.67. The first-order valence-electron chi connectivity index (χ1n) is 21.5. The molecule has 14 nitrogen and oxygen atoms in total.